The van der Waals surface area contributed by atoms with E-state index in [0.717, 1.165) is 76.6 Å². The second-order valence-corrected chi connectivity index (χ2v) is 6.56. The van der Waals surface area contributed by atoms with Crippen molar-refractivity contribution in [3.05, 3.63) is 29.8 Å². The Labute approximate surface area is 138 Å². The summed E-state index contributed by atoms with van der Waals surface area (Å²) in [6, 6.07) is 7.83. The average molecular weight is 320 g/mol. The molecule has 2 aliphatic heterocycles. The minimum atomic E-state index is -0.693. The number of likely N-dealkylation sites (tertiary alicyclic amines) is 1. The molecule has 0 aliphatic carbocycles. The van der Waals surface area contributed by atoms with Crippen LogP contribution in [0.3, 0.4) is 0 Å². The molecule has 0 unspecified atom stereocenters. The van der Waals surface area contributed by atoms with Crippen molar-refractivity contribution in [3.63, 3.8) is 0 Å². The van der Waals surface area contributed by atoms with Gasteiger partial charge in [0, 0.05) is 39.3 Å². The molecule has 3 rings (SSSR count). The summed E-state index contributed by atoms with van der Waals surface area (Å²) >= 11 is 0. The van der Waals surface area contributed by atoms with Crippen LogP contribution >= 0.6 is 0 Å². The molecule has 1 aromatic rings. The van der Waals surface area contributed by atoms with Gasteiger partial charge < -0.3 is 19.5 Å². The zero-order valence-corrected chi connectivity index (χ0v) is 14.0. The molecule has 2 saturated heterocycles. The minimum absolute atomic E-state index is 0.693. The third-order valence-corrected chi connectivity index (χ3v) is 5.15. The van der Waals surface area contributed by atoms with Gasteiger partial charge in [0.05, 0.1) is 25.9 Å². The van der Waals surface area contributed by atoms with Crippen LogP contribution in [-0.2, 0) is 10.3 Å². The van der Waals surface area contributed by atoms with Crippen LogP contribution in [0, 0.1) is 0 Å². The largest absolute Gasteiger partial charge is 0.497 e. The quantitative estimate of drug-likeness (QED) is 0.886. The molecular weight excluding hydrogens is 292 g/mol. The zero-order valence-electron chi connectivity index (χ0n) is 14.0. The van der Waals surface area contributed by atoms with E-state index in [2.05, 4.69) is 9.80 Å². The lowest BCUT2D eigenvalue weighted by molar-refractivity contribution is -0.0297. The zero-order chi connectivity index (χ0) is 16.1. The maximum atomic E-state index is 10.9. The third kappa shape index (κ3) is 4.23. The Bertz CT molecular complexity index is 478. The number of piperidine rings is 1. The molecule has 2 heterocycles. The first-order valence-electron chi connectivity index (χ1n) is 8.59. The monoisotopic (exact) mass is 320 g/mol. The molecule has 0 saturated carbocycles. The summed E-state index contributed by atoms with van der Waals surface area (Å²) in [4.78, 5) is 4.93. The molecule has 2 aliphatic rings. The fourth-order valence-corrected chi connectivity index (χ4v) is 3.44. The van der Waals surface area contributed by atoms with Crippen molar-refractivity contribution in [2.75, 3.05) is 59.6 Å². The number of hydrogen-bond donors (Lipinski definition) is 1. The minimum Gasteiger partial charge on any atom is -0.497 e. The summed E-state index contributed by atoms with van der Waals surface area (Å²) < 4.78 is 10.6. The van der Waals surface area contributed by atoms with Gasteiger partial charge in [0.15, 0.2) is 0 Å². The molecule has 0 amide bonds. The topological polar surface area (TPSA) is 45.2 Å². The summed E-state index contributed by atoms with van der Waals surface area (Å²) in [5.74, 6) is 0.834. The first-order chi connectivity index (χ1) is 11.2. The fraction of sp³-hybridized carbons (Fsp3) is 0.667. The van der Waals surface area contributed by atoms with Crippen molar-refractivity contribution in [1.82, 2.24) is 9.80 Å². The Morgan fingerprint density at radius 3 is 2.13 bits per heavy atom. The van der Waals surface area contributed by atoms with Gasteiger partial charge in [-0.2, -0.15) is 0 Å². The van der Waals surface area contributed by atoms with Gasteiger partial charge >= 0.3 is 0 Å². The van der Waals surface area contributed by atoms with Crippen molar-refractivity contribution in [2.45, 2.75) is 18.4 Å². The van der Waals surface area contributed by atoms with Gasteiger partial charge in [-0.25, -0.2) is 0 Å². The first kappa shape index (κ1) is 16.7. The molecule has 0 spiro atoms. The van der Waals surface area contributed by atoms with E-state index >= 15 is 0 Å². The summed E-state index contributed by atoms with van der Waals surface area (Å²) in [6.45, 7) is 7.89. The summed E-state index contributed by atoms with van der Waals surface area (Å²) in [6.07, 6.45) is 1.59. The Hall–Kier alpha value is -1.14. The van der Waals surface area contributed by atoms with Crippen LogP contribution in [0.5, 0.6) is 5.75 Å². The Morgan fingerprint density at radius 1 is 1.00 bits per heavy atom. The van der Waals surface area contributed by atoms with E-state index in [1.165, 1.54) is 0 Å². The van der Waals surface area contributed by atoms with Crippen LogP contribution in [0.15, 0.2) is 24.3 Å². The predicted molar refractivity (Wildman–Crippen MR) is 89.8 cm³/mol. The molecular formula is C18H28N2O3. The summed E-state index contributed by atoms with van der Waals surface area (Å²) in [5.41, 5.74) is 0.313. The van der Waals surface area contributed by atoms with Gasteiger partial charge in [-0.3, -0.25) is 4.90 Å². The number of ether oxygens (including phenoxy) is 2. The van der Waals surface area contributed by atoms with Crippen LogP contribution in [0.4, 0.5) is 0 Å². The second-order valence-electron chi connectivity index (χ2n) is 6.56. The Balaban J connectivity index is 1.48. The van der Waals surface area contributed by atoms with Crippen molar-refractivity contribution in [1.29, 1.82) is 0 Å². The van der Waals surface area contributed by atoms with Crippen molar-refractivity contribution in [3.8, 4) is 5.75 Å². The molecule has 0 atom stereocenters. The number of rotatable bonds is 5. The van der Waals surface area contributed by atoms with E-state index in [4.69, 9.17) is 9.47 Å². The average Bonchev–Trinajstić information content (AvgIpc) is 2.62. The highest BCUT2D eigenvalue weighted by Gasteiger charge is 2.33. The van der Waals surface area contributed by atoms with E-state index < -0.39 is 5.60 Å². The number of aliphatic hydroxyl groups is 1. The van der Waals surface area contributed by atoms with Crippen molar-refractivity contribution in [2.24, 2.45) is 0 Å². The lowest BCUT2D eigenvalue weighted by atomic mass is 9.84. The molecule has 2 fully saturated rings. The molecule has 128 valence electrons. The molecule has 1 aromatic carbocycles. The Kier molecular flexibility index (Phi) is 5.54. The maximum absolute atomic E-state index is 10.9. The number of hydrogen-bond acceptors (Lipinski definition) is 5. The molecule has 1 N–H and O–H groups in total. The third-order valence-electron chi connectivity index (χ3n) is 5.15. The normalized spacial score (nSPS) is 22.9. The van der Waals surface area contributed by atoms with Crippen LogP contribution in [0.25, 0.3) is 0 Å². The Morgan fingerprint density at radius 2 is 1.57 bits per heavy atom. The van der Waals surface area contributed by atoms with Crippen LogP contribution < -0.4 is 4.74 Å². The van der Waals surface area contributed by atoms with Crippen molar-refractivity contribution < 1.29 is 14.6 Å². The molecule has 23 heavy (non-hydrogen) atoms. The SMILES string of the molecule is COc1ccc(C2(O)CCN(CCN3CCOCC3)CC2)cc1. The second kappa shape index (κ2) is 7.62. The molecule has 5 nitrogen and oxygen atoms in total. The molecule has 0 bridgehead atoms. The van der Waals surface area contributed by atoms with E-state index in [0.29, 0.717) is 0 Å². The van der Waals surface area contributed by atoms with Crippen molar-refractivity contribution >= 4 is 0 Å². The lowest BCUT2D eigenvalue weighted by Crippen LogP contribution is -2.46. The summed E-state index contributed by atoms with van der Waals surface area (Å²) in [5, 5.41) is 10.9. The molecule has 0 radical (unpaired) electrons. The number of methoxy groups -OCH3 is 1. The number of nitrogens with zero attached hydrogens (tertiary/aromatic N) is 2. The van der Waals surface area contributed by atoms with E-state index in [-0.39, 0.29) is 0 Å². The lowest BCUT2D eigenvalue weighted by Gasteiger charge is -2.39. The van der Waals surface area contributed by atoms with E-state index in [1.54, 1.807) is 7.11 Å². The van der Waals surface area contributed by atoms with Gasteiger partial charge in [-0.05, 0) is 30.5 Å². The van der Waals surface area contributed by atoms with E-state index in [1.807, 2.05) is 24.3 Å². The maximum Gasteiger partial charge on any atom is 0.118 e. The molecule has 5 heteroatoms. The highest BCUT2D eigenvalue weighted by Crippen LogP contribution is 2.33. The number of benzene rings is 1. The van der Waals surface area contributed by atoms with Crippen LogP contribution in [-0.4, -0.2) is 74.5 Å². The highest BCUT2D eigenvalue weighted by molar-refractivity contribution is 5.31. The summed E-state index contributed by atoms with van der Waals surface area (Å²) in [7, 11) is 1.66. The number of morpholine rings is 1. The van der Waals surface area contributed by atoms with Gasteiger partial charge in [-0.1, -0.05) is 12.1 Å². The fourth-order valence-electron chi connectivity index (χ4n) is 3.44. The van der Waals surface area contributed by atoms with Gasteiger partial charge in [-0.15, -0.1) is 0 Å². The van der Waals surface area contributed by atoms with E-state index in [9.17, 15) is 5.11 Å². The van der Waals surface area contributed by atoms with Crippen LogP contribution in [0.1, 0.15) is 18.4 Å². The first-order valence-corrected chi connectivity index (χ1v) is 8.59. The predicted octanol–water partition coefficient (Wildman–Crippen LogP) is 1.31. The van der Waals surface area contributed by atoms with Gasteiger partial charge in [0.25, 0.3) is 0 Å². The van der Waals surface area contributed by atoms with Crippen LogP contribution in [0.2, 0.25) is 0 Å². The molecule has 0 aromatic heterocycles. The van der Waals surface area contributed by atoms with Gasteiger partial charge in [0.2, 0.25) is 0 Å². The smallest absolute Gasteiger partial charge is 0.118 e. The highest BCUT2D eigenvalue weighted by atomic mass is 16.5. The standard InChI is InChI=1S/C18H28N2O3/c1-22-17-4-2-16(3-5-17)18(21)6-8-19(9-7-18)10-11-20-12-14-23-15-13-20/h2-5,21H,6-15H2,1H3. The van der Waals surface area contributed by atoms with Gasteiger partial charge in [0.1, 0.15) is 5.75 Å².